The average Bonchev–Trinajstić information content (AvgIpc) is 3.16. The zero-order valence-corrected chi connectivity index (χ0v) is 10.9. The number of nitriles is 1. The quantitative estimate of drug-likeness (QED) is 0.799. The topological polar surface area (TPSA) is 87.7 Å². The van der Waals surface area contributed by atoms with E-state index in [2.05, 4.69) is 15.1 Å². The van der Waals surface area contributed by atoms with E-state index in [1.165, 1.54) is 25.3 Å². The first kappa shape index (κ1) is 12.9. The molecular formula is C14H9FN4O2. The van der Waals surface area contributed by atoms with Crippen LogP contribution in [0.2, 0.25) is 0 Å². The van der Waals surface area contributed by atoms with Gasteiger partial charge in [-0.3, -0.25) is 0 Å². The van der Waals surface area contributed by atoms with Gasteiger partial charge in [0.25, 0.3) is 5.89 Å². The van der Waals surface area contributed by atoms with Crippen molar-refractivity contribution in [2.24, 2.45) is 0 Å². The maximum absolute atomic E-state index is 13.4. The van der Waals surface area contributed by atoms with E-state index in [0.717, 1.165) is 0 Å². The maximum atomic E-state index is 13.4. The van der Waals surface area contributed by atoms with Crippen molar-refractivity contribution in [1.29, 1.82) is 5.26 Å². The van der Waals surface area contributed by atoms with Crippen LogP contribution in [0.5, 0.6) is 5.75 Å². The van der Waals surface area contributed by atoms with Gasteiger partial charge in [-0.2, -0.15) is 10.2 Å². The molecule has 7 heteroatoms. The van der Waals surface area contributed by atoms with Crippen LogP contribution in [0.3, 0.4) is 0 Å². The van der Waals surface area contributed by atoms with Crippen LogP contribution >= 0.6 is 0 Å². The Balaban J connectivity index is 1.96. The zero-order chi connectivity index (χ0) is 14.8. The molecule has 0 atom stereocenters. The Bertz CT molecular complexity index is 832. The monoisotopic (exact) mass is 284 g/mol. The van der Waals surface area contributed by atoms with E-state index in [-0.39, 0.29) is 11.6 Å². The van der Waals surface area contributed by atoms with E-state index >= 15 is 0 Å². The fourth-order valence-electron chi connectivity index (χ4n) is 1.83. The number of H-pyrrole nitrogens is 1. The van der Waals surface area contributed by atoms with Gasteiger partial charge in [-0.1, -0.05) is 5.16 Å². The molecule has 1 N–H and O–H groups in total. The second-order valence-electron chi connectivity index (χ2n) is 4.17. The van der Waals surface area contributed by atoms with E-state index in [1.54, 1.807) is 12.1 Å². The first-order chi connectivity index (χ1) is 10.2. The summed E-state index contributed by atoms with van der Waals surface area (Å²) >= 11 is 0. The molecule has 0 aliphatic heterocycles. The summed E-state index contributed by atoms with van der Waals surface area (Å²) in [5.41, 5.74) is 1.50. The number of hydrogen-bond donors (Lipinski definition) is 1. The van der Waals surface area contributed by atoms with Gasteiger partial charge < -0.3 is 14.2 Å². The number of nitrogens with zero attached hydrogens (tertiary/aromatic N) is 3. The molecule has 3 rings (SSSR count). The molecule has 0 unspecified atom stereocenters. The highest BCUT2D eigenvalue weighted by Gasteiger charge is 2.14. The Morgan fingerprint density at radius 3 is 2.90 bits per heavy atom. The lowest BCUT2D eigenvalue weighted by Gasteiger charge is -2.02. The Morgan fingerprint density at radius 1 is 1.33 bits per heavy atom. The van der Waals surface area contributed by atoms with Gasteiger partial charge in [0.2, 0.25) is 5.82 Å². The van der Waals surface area contributed by atoms with Crippen molar-refractivity contribution in [3.05, 3.63) is 41.8 Å². The predicted molar refractivity (Wildman–Crippen MR) is 70.7 cm³/mol. The molecule has 0 saturated heterocycles. The number of methoxy groups -OCH3 is 1. The molecule has 0 aliphatic rings. The third kappa shape index (κ3) is 2.34. The van der Waals surface area contributed by atoms with Crippen LogP contribution < -0.4 is 4.74 Å². The Kier molecular flexibility index (Phi) is 3.12. The van der Waals surface area contributed by atoms with Crippen molar-refractivity contribution in [1.82, 2.24) is 15.1 Å². The molecule has 3 aromatic rings. The smallest absolute Gasteiger partial charge is 0.274 e. The van der Waals surface area contributed by atoms with Gasteiger partial charge in [0.15, 0.2) is 11.6 Å². The van der Waals surface area contributed by atoms with E-state index in [0.29, 0.717) is 22.8 Å². The van der Waals surface area contributed by atoms with Gasteiger partial charge in [0.05, 0.1) is 7.11 Å². The lowest BCUT2D eigenvalue weighted by atomic mass is 10.2. The molecule has 2 aromatic heterocycles. The molecule has 2 heterocycles. The van der Waals surface area contributed by atoms with Gasteiger partial charge >= 0.3 is 0 Å². The van der Waals surface area contributed by atoms with Crippen molar-refractivity contribution in [2.75, 3.05) is 7.11 Å². The number of ether oxygens (including phenoxy) is 1. The Hall–Kier alpha value is -3.14. The van der Waals surface area contributed by atoms with Crippen LogP contribution in [0.1, 0.15) is 5.69 Å². The number of aromatic amines is 1. The molecule has 0 fully saturated rings. The summed E-state index contributed by atoms with van der Waals surface area (Å²) in [6.45, 7) is 0. The molecule has 6 nitrogen and oxygen atoms in total. The van der Waals surface area contributed by atoms with Crippen molar-refractivity contribution < 1.29 is 13.7 Å². The molecule has 0 spiro atoms. The molecule has 0 bridgehead atoms. The molecule has 0 aliphatic carbocycles. The van der Waals surface area contributed by atoms with Crippen LogP contribution in [-0.4, -0.2) is 22.2 Å². The fraction of sp³-hybridized carbons (Fsp3) is 0.0714. The normalized spacial score (nSPS) is 10.3. The van der Waals surface area contributed by atoms with Crippen molar-refractivity contribution in [2.45, 2.75) is 0 Å². The number of aromatic nitrogens is 3. The highest BCUT2D eigenvalue weighted by atomic mass is 19.1. The maximum Gasteiger partial charge on any atom is 0.274 e. The average molecular weight is 284 g/mol. The third-order valence-electron chi connectivity index (χ3n) is 2.87. The summed E-state index contributed by atoms with van der Waals surface area (Å²) in [6, 6.07) is 9.54. The highest BCUT2D eigenvalue weighted by Crippen LogP contribution is 2.26. The van der Waals surface area contributed by atoms with E-state index < -0.39 is 5.82 Å². The van der Waals surface area contributed by atoms with Crippen molar-refractivity contribution in [3.63, 3.8) is 0 Å². The minimum atomic E-state index is -0.465. The molecule has 1 aromatic carbocycles. The molecule has 0 saturated carbocycles. The Labute approximate surface area is 118 Å². The van der Waals surface area contributed by atoms with Gasteiger partial charge in [-0.15, -0.1) is 0 Å². The van der Waals surface area contributed by atoms with Crippen molar-refractivity contribution >= 4 is 0 Å². The number of benzene rings is 1. The summed E-state index contributed by atoms with van der Waals surface area (Å²) in [7, 11) is 1.38. The molecule has 0 radical (unpaired) electrons. The van der Waals surface area contributed by atoms with E-state index in [1.807, 2.05) is 6.07 Å². The molecular weight excluding hydrogens is 275 g/mol. The van der Waals surface area contributed by atoms with Crippen LogP contribution in [0, 0.1) is 17.1 Å². The van der Waals surface area contributed by atoms with Gasteiger partial charge in [-0.25, -0.2) is 4.39 Å². The van der Waals surface area contributed by atoms with Gasteiger partial charge in [0, 0.05) is 5.56 Å². The zero-order valence-electron chi connectivity index (χ0n) is 10.9. The second kappa shape index (κ2) is 5.09. The summed E-state index contributed by atoms with van der Waals surface area (Å²) in [6.07, 6.45) is 0. The predicted octanol–water partition coefficient (Wildman–Crippen LogP) is 2.75. The number of halogens is 1. The fourth-order valence-corrected chi connectivity index (χ4v) is 1.83. The lowest BCUT2D eigenvalue weighted by molar-refractivity contribution is 0.386. The standard InChI is InChI=1S/C14H9FN4O2/c1-20-12-6-8(2-4-10(12)15)13-18-14(21-19-13)11-5-3-9(7-16)17-11/h2-6,17H,1H3. The number of nitrogens with one attached hydrogen (secondary N) is 1. The number of rotatable bonds is 3. The summed E-state index contributed by atoms with van der Waals surface area (Å²) in [5.74, 6) is 0.185. The minimum Gasteiger partial charge on any atom is -0.494 e. The third-order valence-corrected chi connectivity index (χ3v) is 2.87. The van der Waals surface area contributed by atoms with Gasteiger partial charge in [0.1, 0.15) is 17.5 Å². The second-order valence-corrected chi connectivity index (χ2v) is 4.17. The van der Waals surface area contributed by atoms with Crippen LogP contribution in [-0.2, 0) is 0 Å². The van der Waals surface area contributed by atoms with Crippen molar-refractivity contribution in [3.8, 4) is 34.8 Å². The van der Waals surface area contributed by atoms with E-state index in [4.69, 9.17) is 14.5 Å². The van der Waals surface area contributed by atoms with Crippen LogP contribution in [0.25, 0.3) is 23.0 Å². The summed E-state index contributed by atoms with van der Waals surface area (Å²) < 4.78 is 23.4. The molecule has 104 valence electrons. The first-order valence-electron chi connectivity index (χ1n) is 5.98. The minimum absolute atomic E-state index is 0.102. The van der Waals surface area contributed by atoms with E-state index in [9.17, 15) is 4.39 Å². The Morgan fingerprint density at radius 2 is 2.19 bits per heavy atom. The molecule has 0 amide bonds. The summed E-state index contributed by atoms with van der Waals surface area (Å²) in [5, 5.41) is 12.6. The lowest BCUT2D eigenvalue weighted by Crippen LogP contribution is -1.89. The molecule has 21 heavy (non-hydrogen) atoms. The number of hydrogen-bond acceptors (Lipinski definition) is 5. The van der Waals surface area contributed by atoms with Crippen LogP contribution in [0.4, 0.5) is 4.39 Å². The van der Waals surface area contributed by atoms with Crippen LogP contribution in [0.15, 0.2) is 34.9 Å². The first-order valence-corrected chi connectivity index (χ1v) is 5.98. The van der Waals surface area contributed by atoms with Gasteiger partial charge in [-0.05, 0) is 30.3 Å². The largest absolute Gasteiger partial charge is 0.494 e. The highest BCUT2D eigenvalue weighted by molar-refractivity contribution is 5.60. The summed E-state index contributed by atoms with van der Waals surface area (Å²) in [4.78, 5) is 7.04. The SMILES string of the molecule is COc1cc(-c2noc(-c3ccc(C#N)[nH]3)n2)ccc1F.